The van der Waals surface area contributed by atoms with Gasteiger partial charge in [0.15, 0.2) is 30.0 Å². The van der Waals surface area contributed by atoms with Crippen LogP contribution in [0.2, 0.25) is 0 Å². The number of hydrogen-bond acceptors (Lipinski definition) is 20. The third-order valence-electron chi connectivity index (χ3n) is 11.8. The summed E-state index contributed by atoms with van der Waals surface area (Å²) in [6.07, 6.45) is -8.59. The molecule has 1 spiro atoms. The normalized spacial score (nSPS) is 35.4. The first-order valence-corrected chi connectivity index (χ1v) is 19.4. The highest BCUT2D eigenvalue weighted by molar-refractivity contribution is 5.91. The van der Waals surface area contributed by atoms with Crippen molar-refractivity contribution in [2.24, 2.45) is 17.3 Å². The molecule has 4 aliphatic rings. The van der Waals surface area contributed by atoms with Gasteiger partial charge >= 0.3 is 47.8 Å². The molecule has 2 aliphatic heterocycles. The van der Waals surface area contributed by atoms with Crippen molar-refractivity contribution >= 4 is 47.8 Å². The summed E-state index contributed by atoms with van der Waals surface area (Å²) in [5, 5.41) is 13.6. The van der Waals surface area contributed by atoms with Crippen molar-refractivity contribution in [3.63, 3.8) is 0 Å². The Hall–Kier alpha value is -5.89. The molecule has 2 aromatic rings. The van der Waals surface area contributed by atoms with Gasteiger partial charge in [0, 0.05) is 40.8 Å². The Balaban J connectivity index is 1.77. The third kappa shape index (κ3) is 7.59. The third-order valence-corrected chi connectivity index (χ3v) is 11.8. The number of nitrogens with zero attached hydrogens (tertiary/aromatic N) is 1. The van der Waals surface area contributed by atoms with E-state index >= 15 is 0 Å². The zero-order chi connectivity index (χ0) is 44.8. The Morgan fingerprint density at radius 1 is 0.836 bits per heavy atom. The van der Waals surface area contributed by atoms with Gasteiger partial charge in [0.25, 0.3) is 0 Å². The van der Waals surface area contributed by atoms with Crippen molar-refractivity contribution in [3.05, 3.63) is 53.7 Å². The lowest BCUT2D eigenvalue weighted by atomic mass is 9.45. The molecule has 2 aromatic heterocycles. The van der Waals surface area contributed by atoms with E-state index in [4.69, 9.17) is 47.0 Å². The average Bonchev–Trinajstić information content (AvgIpc) is 3.79. The average molecular weight is 858 g/mol. The number of esters is 8. The first-order valence-electron chi connectivity index (χ1n) is 19.4. The van der Waals surface area contributed by atoms with E-state index in [1.807, 2.05) is 0 Å². The van der Waals surface area contributed by atoms with Gasteiger partial charge in [0.05, 0.1) is 34.9 Å². The van der Waals surface area contributed by atoms with Gasteiger partial charge in [-0.2, -0.15) is 0 Å². The number of cyclic esters (lactones) is 1. The van der Waals surface area contributed by atoms with E-state index in [2.05, 4.69) is 4.98 Å². The van der Waals surface area contributed by atoms with Gasteiger partial charge in [0.1, 0.15) is 48.3 Å². The molecule has 0 radical (unpaired) electrons. The monoisotopic (exact) mass is 857 g/mol. The fourth-order valence-electron chi connectivity index (χ4n) is 9.54. The number of carbonyl (C=O) groups is 8. The Bertz CT molecular complexity index is 2100. The number of ether oxygens (including phenoxy) is 9. The number of rotatable bonds is 8. The Morgan fingerprint density at radius 3 is 2.05 bits per heavy atom. The van der Waals surface area contributed by atoms with Crippen LogP contribution in [0.25, 0.3) is 0 Å². The number of aliphatic hydroxyl groups is 1. The molecular formula is C41H47NO19. The predicted octanol–water partition coefficient (Wildman–Crippen LogP) is 1.75. The van der Waals surface area contributed by atoms with Crippen LogP contribution < -0.4 is 0 Å². The SMILES string of the molecule is CC(=O)OC[C@]12[C@H](OC(C)=O)[C@H](OC(C)=O)[C@@H]3[C@@H](OC(C)=O)[C@@]14O[C@@]3(C)COC(=O)c1cccnc1CCC(C)C(=O)O[C@@H]([C@H](OC(=O)c1ccoc1)[C@@H]2OC(C)=O)[C@@]4(C)O. The Labute approximate surface area is 348 Å². The maximum atomic E-state index is 14.3. The van der Waals surface area contributed by atoms with E-state index in [-0.39, 0.29) is 29.7 Å². The number of carbonyl (C=O) groups excluding carboxylic acids is 8. The highest BCUT2D eigenvalue weighted by atomic mass is 16.7. The number of hydrogen-bond donors (Lipinski definition) is 1. The van der Waals surface area contributed by atoms with Crippen LogP contribution in [0.1, 0.15) is 88.2 Å². The van der Waals surface area contributed by atoms with E-state index in [0.29, 0.717) is 0 Å². The maximum Gasteiger partial charge on any atom is 0.341 e. The van der Waals surface area contributed by atoms with Gasteiger partial charge in [-0.25, -0.2) is 9.59 Å². The largest absolute Gasteiger partial charge is 0.472 e. The summed E-state index contributed by atoms with van der Waals surface area (Å²) >= 11 is 0. The van der Waals surface area contributed by atoms with Crippen molar-refractivity contribution < 1.29 is 90.5 Å². The minimum absolute atomic E-state index is 0.0163. The topological polar surface area (TPSA) is 266 Å². The van der Waals surface area contributed by atoms with Crippen LogP contribution in [0.3, 0.4) is 0 Å². The van der Waals surface area contributed by atoms with E-state index in [0.717, 1.165) is 54.1 Å². The molecule has 6 rings (SSSR count). The molecule has 1 unspecified atom stereocenters. The first kappa shape index (κ1) is 44.7. The molecule has 4 heterocycles. The minimum Gasteiger partial charge on any atom is -0.472 e. The van der Waals surface area contributed by atoms with E-state index in [1.54, 1.807) is 0 Å². The number of aromatic nitrogens is 1. The maximum absolute atomic E-state index is 14.3. The Morgan fingerprint density at radius 2 is 1.46 bits per heavy atom. The minimum atomic E-state index is -2.87. The second kappa shape index (κ2) is 16.5. The lowest BCUT2D eigenvalue weighted by molar-refractivity contribution is -0.386. The molecule has 4 bridgehead atoms. The molecule has 2 aliphatic carbocycles. The van der Waals surface area contributed by atoms with Gasteiger partial charge in [-0.1, -0.05) is 6.92 Å². The summed E-state index contributed by atoms with van der Waals surface area (Å²) in [7, 11) is 0. The molecule has 2 saturated carbocycles. The second-order valence-corrected chi connectivity index (χ2v) is 16.1. The lowest BCUT2D eigenvalue weighted by Crippen LogP contribution is -2.89. The van der Waals surface area contributed by atoms with Crippen molar-refractivity contribution in [1.29, 1.82) is 0 Å². The summed E-state index contributed by atoms with van der Waals surface area (Å²) in [5.41, 5.74) is -10.3. The number of furan rings is 1. The van der Waals surface area contributed by atoms with Crippen LogP contribution in [0.15, 0.2) is 41.3 Å². The molecule has 1 saturated heterocycles. The van der Waals surface area contributed by atoms with Crippen molar-refractivity contribution in [2.45, 2.75) is 122 Å². The van der Waals surface area contributed by atoms with E-state index in [9.17, 15) is 43.5 Å². The molecule has 12 atom stereocenters. The summed E-state index contributed by atoms with van der Waals surface area (Å²) < 4.78 is 60.1. The van der Waals surface area contributed by atoms with E-state index < -0.39 is 132 Å². The van der Waals surface area contributed by atoms with Crippen molar-refractivity contribution in [2.75, 3.05) is 13.2 Å². The molecule has 1 N–H and O–H groups in total. The highest BCUT2D eigenvalue weighted by Crippen LogP contribution is 2.70. The van der Waals surface area contributed by atoms with Gasteiger partial charge in [-0.05, 0) is 44.9 Å². The number of fused-ring (bicyclic) bond motifs is 5. The Kier molecular flexibility index (Phi) is 12.1. The molecule has 330 valence electrons. The molecule has 3 fully saturated rings. The van der Waals surface area contributed by atoms with Crippen LogP contribution in [0.5, 0.6) is 0 Å². The quantitative estimate of drug-likeness (QED) is 0.293. The first-order chi connectivity index (χ1) is 28.6. The molecular weight excluding hydrogens is 810 g/mol. The predicted molar refractivity (Wildman–Crippen MR) is 197 cm³/mol. The smallest absolute Gasteiger partial charge is 0.341 e. The van der Waals surface area contributed by atoms with Gasteiger partial charge in [-0.3, -0.25) is 33.8 Å². The summed E-state index contributed by atoms with van der Waals surface area (Å²) in [6, 6.07) is 4.17. The van der Waals surface area contributed by atoms with Gasteiger partial charge < -0.3 is 52.2 Å². The zero-order valence-corrected chi connectivity index (χ0v) is 34.7. The molecule has 0 amide bonds. The van der Waals surface area contributed by atoms with Gasteiger partial charge in [0.2, 0.25) is 0 Å². The fraction of sp³-hybridized carbons (Fsp3) is 0.585. The fourth-order valence-corrected chi connectivity index (χ4v) is 9.54. The number of aryl methyl sites for hydroxylation is 1. The number of pyridine rings is 1. The van der Waals surface area contributed by atoms with Crippen molar-refractivity contribution in [1.82, 2.24) is 4.98 Å². The van der Waals surface area contributed by atoms with Crippen LogP contribution in [0.4, 0.5) is 0 Å². The summed E-state index contributed by atoms with van der Waals surface area (Å²) in [5.74, 6) is -10.8. The standard InChI is InChI=1S/C41H47NO19/c1-19-11-12-27-26(10-9-14-42-27)37(50)54-17-38(7)28-29(55-21(3)44)33(57-23(5)46)40(18-53-20(2)43)34(58-24(6)47)30(59-36(49)25-13-15-52-16-25)32(60-35(19)48)39(8,51)41(40,61-38)31(28)56-22(4)45/h9-10,13-16,19,28-34,51H,11-12,17-18H2,1-8H3/t19?,28-,29-,30+,31-,32+,33-,34+,38+,39-,40-,41+/m1/s1. The summed E-state index contributed by atoms with van der Waals surface area (Å²) in [6.45, 7) is 7.05. The molecule has 0 aromatic carbocycles. The highest BCUT2D eigenvalue weighted by Gasteiger charge is 2.92. The summed E-state index contributed by atoms with van der Waals surface area (Å²) in [4.78, 5) is 113. The van der Waals surface area contributed by atoms with Crippen LogP contribution in [0, 0.1) is 17.3 Å². The van der Waals surface area contributed by atoms with Gasteiger partial charge in [-0.15, -0.1) is 0 Å². The van der Waals surface area contributed by atoms with Crippen LogP contribution >= 0.6 is 0 Å². The lowest BCUT2D eigenvalue weighted by Gasteiger charge is -2.67. The molecule has 20 nitrogen and oxygen atoms in total. The molecule has 20 heteroatoms. The second-order valence-electron chi connectivity index (χ2n) is 16.1. The van der Waals surface area contributed by atoms with Crippen molar-refractivity contribution in [3.8, 4) is 0 Å². The van der Waals surface area contributed by atoms with E-state index in [1.165, 1.54) is 38.2 Å². The molecule has 61 heavy (non-hydrogen) atoms. The van der Waals surface area contributed by atoms with Crippen LogP contribution in [-0.2, 0) is 77.8 Å². The zero-order valence-electron chi connectivity index (χ0n) is 34.7. The van der Waals surface area contributed by atoms with Crippen LogP contribution in [-0.4, -0.2) is 124 Å².